The highest BCUT2D eigenvalue weighted by Gasteiger charge is 2.11. The molecule has 0 fully saturated rings. The van der Waals surface area contributed by atoms with Crippen LogP contribution in [0.4, 0.5) is 20.3 Å². The molecule has 110 valence electrons. The normalized spacial score (nSPS) is 10.7. The number of alkyl halides is 2. The van der Waals surface area contributed by atoms with E-state index >= 15 is 0 Å². The average Bonchev–Trinajstić information content (AvgIpc) is 2.39. The second-order valence-corrected chi connectivity index (χ2v) is 5.72. The van der Waals surface area contributed by atoms with Gasteiger partial charge in [0.15, 0.2) is 0 Å². The van der Waals surface area contributed by atoms with Gasteiger partial charge in [-0.05, 0) is 31.2 Å². The summed E-state index contributed by atoms with van der Waals surface area (Å²) in [6, 6.07) is 10.3. The summed E-state index contributed by atoms with van der Waals surface area (Å²) >= 11 is 5.43. The summed E-state index contributed by atoms with van der Waals surface area (Å²) < 4.78 is 25.1. The van der Waals surface area contributed by atoms with Gasteiger partial charge in [0.25, 0.3) is 5.76 Å². The zero-order chi connectivity index (χ0) is 15.4. The lowest BCUT2D eigenvalue weighted by Crippen LogP contribution is -2.10. The van der Waals surface area contributed by atoms with Crippen molar-refractivity contribution in [2.24, 2.45) is 5.73 Å². The molecule has 0 amide bonds. The monoisotopic (exact) mass is 325 g/mol. The molecule has 0 spiro atoms. The number of nitrogens with one attached hydrogen (secondary N) is 1. The topological polar surface area (TPSA) is 50.9 Å². The van der Waals surface area contributed by atoms with E-state index in [2.05, 4.69) is 10.3 Å². The van der Waals surface area contributed by atoms with Crippen molar-refractivity contribution in [3.05, 3.63) is 47.7 Å². The van der Waals surface area contributed by atoms with Crippen LogP contribution < -0.4 is 11.1 Å². The minimum absolute atomic E-state index is 0.263. The van der Waals surface area contributed by atoms with Crippen LogP contribution in [0.15, 0.2) is 41.3 Å². The van der Waals surface area contributed by atoms with Crippen LogP contribution in [0.25, 0.3) is 0 Å². The summed E-state index contributed by atoms with van der Waals surface area (Å²) in [4.78, 5) is 5.02. The maximum Gasteiger partial charge on any atom is 0.288 e. The van der Waals surface area contributed by atoms with Crippen molar-refractivity contribution in [3.8, 4) is 0 Å². The van der Waals surface area contributed by atoms with Gasteiger partial charge in [-0.1, -0.05) is 36.1 Å². The number of nitrogens with two attached hydrogens (primary N) is 1. The molecule has 1 aromatic carbocycles. The van der Waals surface area contributed by atoms with E-state index in [0.29, 0.717) is 33.7 Å². The molecule has 3 N–H and O–H groups in total. The fourth-order valence-electron chi connectivity index (χ4n) is 1.78. The lowest BCUT2D eigenvalue weighted by molar-refractivity contribution is 0.252. The molecule has 7 heteroatoms. The highest BCUT2D eigenvalue weighted by atomic mass is 32.2. The molecule has 3 nitrogen and oxygen atoms in total. The Bertz CT molecular complexity index is 662. The number of benzene rings is 1. The van der Waals surface area contributed by atoms with Crippen LogP contribution in [0.5, 0.6) is 0 Å². The van der Waals surface area contributed by atoms with E-state index in [1.165, 1.54) is 0 Å². The maximum absolute atomic E-state index is 12.6. The van der Waals surface area contributed by atoms with E-state index in [9.17, 15) is 8.78 Å². The molecule has 0 atom stereocenters. The number of rotatable bonds is 5. The van der Waals surface area contributed by atoms with Crippen molar-refractivity contribution in [3.63, 3.8) is 0 Å². The van der Waals surface area contributed by atoms with Crippen molar-refractivity contribution in [2.75, 3.05) is 5.32 Å². The molecule has 1 aromatic heterocycles. The van der Waals surface area contributed by atoms with Crippen LogP contribution in [0.3, 0.4) is 0 Å². The number of hydrogen-bond donors (Lipinski definition) is 2. The van der Waals surface area contributed by atoms with E-state index in [1.54, 1.807) is 36.4 Å². The zero-order valence-electron chi connectivity index (χ0n) is 11.1. The summed E-state index contributed by atoms with van der Waals surface area (Å²) in [5.41, 5.74) is 7.60. The summed E-state index contributed by atoms with van der Waals surface area (Å²) in [6.45, 7) is 1.81. The Morgan fingerprint density at radius 1 is 1.33 bits per heavy atom. The predicted molar refractivity (Wildman–Crippen MR) is 86.4 cm³/mol. The predicted octanol–water partition coefficient (Wildman–Crippen LogP) is 4.08. The second kappa shape index (κ2) is 6.82. The number of para-hydroxylation sites is 1. The Morgan fingerprint density at radius 2 is 2.05 bits per heavy atom. The summed E-state index contributed by atoms with van der Waals surface area (Å²) in [7, 11) is 0. The first-order valence-electron chi connectivity index (χ1n) is 6.05. The molecule has 1 heterocycles. The first kappa shape index (κ1) is 15.7. The molecule has 2 aromatic rings. The fraction of sp³-hybridized carbons (Fsp3) is 0.143. The van der Waals surface area contributed by atoms with Crippen molar-refractivity contribution < 1.29 is 8.78 Å². The van der Waals surface area contributed by atoms with Crippen LogP contribution in [-0.2, 0) is 0 Å². The molecule has 0 aliphatic carbocycles. The van der Waals surface area contributed by atoms with E-state index in [-0.39, 0.29) is 4.99 Å². The molecule has 0 saturated carbocycles. The average molecular weight is 325 g/mol. The third-order valence-electron chi connectivity index (χ3n) is 2.60. The number of halogens is 2. The quantitative estimate of drug-likeness (QED) is 0.641. The van der Waals surface area contributed by atoms with Crippen molar-refractivity contribution in [1.82, 2.24) is 4.98 Å². The third kappa shape index (κ3) is 4.37. The van der Waals surface area contributed by atoms with Crippen molar-refractivity contribution in [1.29, 1.82) is 0 Å². The number of thiocarbonyl (C=S) groups is 1. The molecule has 0 aliphatic rings. The fourth-order valence-corrected chi connectivity index (χ4v) is 2.49. The minimum Gasteiger partial charge on any atom is -0.389 e. The summed E-state index contributed by atoms with van der Waals surface area (Å²) in [5, 5.41) is 3.03. The summed E-state index contributed by atoms with van der Waals surface area (Å²) in [6.07, 6.45) is 0. The Kier molecular flexibility index (Phi) is 5.08. The standard InChI is InChI=1S/C14H13F2N3S2/c1-8-6-9(13(17)20)7-12(18-8)19-10-4-2-3-5-11(10)21-14(15)16/h2-7,14H,1H3,(H2,17,20)(H,18,19). The van der Waals surface area contributed by atoms with Crippen LogP contribution in [0.1, 0.15) is 11.3 Å². The lowest BCUT2D eigenvalue weighted by Gasteiger charge is -2.12. The lowest BCUT2D eigenvalue weighted by atomic mass is 10.2. The van der Waals surface area contributed by atoms with E-state index in [1.807, 2.05) is 6.92 Å². The van der Waals surface area contributed by atoms with Gasteiger partial charge >= 0.3 is 0 Å². The van der Waals surface area contributed by atoms with Gasteiger partial charge in [0.2, 0.25) is 0 Å². The van der Waals surface area contributed by atoms with Crippen LogP contribution in [-0.4, -0.2) is 15.7 Å². The highest BCUT2D eigenvalue weighted by molar-refractivity contribution is 7.99. The van der Waals surface area contributed by atoms with Crippen LogP contribution in [0.2, 0.25) is 0 Å². The number of hydrogen-bond acceptors (Lipinski definition) is 4. The van der Waals surface area contributed by atoms with Gasteiger partial charge in [0.05, 0.1) is 5.69 Å². The first-order chi connectivity index (χ1) is 9.95. The molecular weight excluding hydrogens is 312 g/mol. The van der Waals surface area contributed by atoms with Crippen LogP contribution in [0, 0.1) is 6.92 Å². The van der Waals surface area contributed by atoms with Crippen LogP contribution >= 0.6 is 24.0 Å². The van der Waals surface area contributed by atoms with Gasteiger partial charge < -0.3 is 11.1 Å². The first-order valence-corrected chi connectivity index (χ1v) is 7.34. The maximum atomic E-state index is 12.6. The van der Waals surface area contributed by atoms with Crippen molar-refractivity contribution in [2.45, 2.75) is 17.6 Å². The number of thioether (sulfide) groups is 1. The van der Waals surface area contributed by atoms with Gasteiger partial charge in [-0.15, -0.1) is 0 Å². The SMILES string of the molecule is Cc1cc(C(N)=S)cc(Nc2ccccc2SC(F)F)n1. The van der Waals surface area contributed by atoms with E-state index < -0.39 is 5.76 Å². The van der Waals surface area contributed by atoms with Gasteiger partial charge in [0.1, 0.15) is 10.8 Å². The molecule has 21 heavy (non-hydrogen) atoms. The number of aromatic nitrogens is 1. The Morgan fingerprint density at radius 3 is 2.71 bits per heavy atom. The number of anilines is 2. The van der Waals surface area contributed by atoms with E-state index in [0.717, 1.165) is 5.69 Å². The molecule has 0 aliphatic heterocycles. The third-order valence-corrected chi connectivity index (χ3v) is 3.63. The Balaban J connectivity index is 2.32. The Labute approximate surface area is 131 Å². The van der Waals surface area contributed by atoms with E-state index in [4.69, 9.17) is 18.0 Å². The molecule has 0 saturated heterocycles. The van der Waals surface area contributed by atoms with Gasteiger partial charge in [-0.3, -0.25) is 0 Å². The van der Waals surface area contributed by atoms with Gasteiger partial charge in [-0.2, -0.15) is 8.78 Å². The van der Waals surface area contributed by atoms with Crippen molar-refractivity contribution >= 4 is 40.5 Å². The smallest absolute Gasteiger partial charge is 0.288 e. The number of nitrogens with zero attached hydrogens (tertiary/aromatic N) is 1. The second-order valence-electron chi connectivity index (χ2n) is 4.25. The van der Waals surface area contributed by atoms with Gasteiger partial charge in [0, 0.05) is 16.2 Å². The molecule has 0 bridgehead atoms. The molecular formula is C14H13F2N3S2. The minimum atomic E-state index is -2.48. The molecule has 0 unspecified atom stereocenters. The zero-order valence-corrected chi connectivity index (χ0v) is 12.8. The van der Waals surface area contributed by atoms with Gasteiger partial charge in [-0.25, -0.2) is 4.98 Å². The number of aryl methyl sites for hydroxylation is 1. The Hall–Kier alpha value is -1.73. The highest BCUT2D eigenvalue weighted by Crippen LogP contribution is 2.33. The summed E-state index contributed by atoms with van der Waals surface area (Å²) in [5.74, 6) is -1.97. The largest absolute Gasteiger partial charge is 0.389 e. The molecule has 0 radical (unpaired) electrons. The molecule has 2 rings (SSSR count). The number of pyridine rings is 1.